The predicted molar refractivity (Wildman–Crippen MR) is 77.9 cm³/mol. The first-order chi connectivity index (χ1) is 8.66. The molecule has 3 rings (SSSR count). The summed E-state index contributed by atoms with van der Waals surface area (Å²) >= 11 is 2.04. The Hall–Kier alpha value is -1.43. The summed E-state index contributed by atoms with van der Waals surface area (Å²) in [7, 11) is 0. The van der Waals surface area contributed by atoms with E-state index < -0.39 is 0 Å². The van der Waals surface area contributed by atoms with E-state index in [-0.39, 0.29) is 10.6 Å². The number of nitro groups is 1. The lowest BCUT2D eigenvalue weighted by atomic mass is 9.85. The van der Waals surface area contributed by atoms with Crippen molar-refractivity contribution in [3.8, 4) is 0 Å². The second kappa shape index (κ2) is 4.35. The van der Waals surface area contributed by atoms with E-state index in [0.717, 1.165) is 21.1 Å². The Kier molecular flexibility index (Phi) is 2.81. The highest BCUT2D eigenvalue weighted by Gasteiger charge is 2.25. The van der Waals surface area contributed by atoms with Crippen molar-refractivity contribution in [3.05, 3.63) is 72.3 Å². The highest BCUT2D eigenvalue weighted by molar-refractivity contribution is 14.1. The van der Waals surface area contributed by atoms with Crippen molar-refractivity contribution < 1.29 is 4.92 Å². The number of rotatable bonds is 1. The molecule has 0 spiro atoms. The van der Waals surface area contributed by atoms with Gasteiger partial charge in [0.1, 0.15) is 0 Å². The molecule has 2 aromatic rings. The molecule has 0 fully saturated rings. The highest BCUT2D eigenvalue weighted by atomic mass is 127. The topological polar surface area (TPSA) is 43.1 Å². The summed E-state index contributed by atoms with van der Waals surface area (Å²) in [5.41, 5.74) is 4.73. The molecule has 0 bridgehead atoms. The van der Waals surface area contributed by atoms with Crippen molar-refractivity contribution in [2.75, 3.05) is 0 Å². The minimum Gasteiger partial charge on any atom is -0.258 e. The molecule has 0 saturated carbocycles. The van der Waals surface area contributed by atoms with Crippen LogP contribution in [0.3, 0.4) is 0 Å². The van der Waals surface area contributed by atoms with Gasteiger partial charge < -0.3 is 0 Å². The molecule has 0 aliphatic heterocycles. The van der Waals surface area contributed by atoms with Gasteiger partial charge in [0.25, 0.3) is 5.69 Å². The van der Waals surface area contributed by atoms with Crippen molar-refractivity contribution >= 4 is 28.3 Å². The smallest absolute Gasteiger partial charge is 0.258 e. The number of halogens is 1. The fraction of sp³-hybridized carbons (Fsp3) is 0.143. The van der Waals surface area contributed by atoms with E-state index in [1.54, 1.807) is 0 Å². The van der Waals surface area contributed by atoms with E-state index in [4.69, 9.17) is 0 Å². The van der Waals surface area contributed by atoms with Gasteiger partial charge in [-0.1, -0.05) is 30.3 Å². The Morgan fingerprint density at radius 1 is 1.00 bits per heavy atom. The van der Waals surface area contributed by atoms with Crippen LogP contribution < -0.4 is 0 Å². The van der Waals surface area contributed by atoms with E-state index in [2.05, 4.69) is 12.1 Å². The molecule has 0 radical (unpaired) electrons. The lowest BCUT2D eigenvalue weighted by Gasteiger charge is -2.19. The quantitative estimate of drug-likeness (QED) is 0.381. The Bertz CT molecular complexity index is 652. The first kappa shape index (κ1) is 11.6. The van der Waals surface area contributed by atoms with Crippen LogP contribution in [-0.4, -0.2) is 4.92 Å². The molecular weight excluding hydrogens is 341 g/mol. The van der Waals surface area contributed by atoms with Gasteiger partial charge in [-0.3, -0.25) is 10.1 Å². The van der Waals surface area contributed by atoms with Gasteiger partial charge in [-0.05, 0) is 51.8 Å². The zero-order chi connectivity index (χ0) is 12.7. The average molecular weight is 351 g/mol. The first-order valence-electron chi connectivity index (χ1n) is 5.68. The second-order valence-electron chi connectivity index (χ2n) is 4.41. The molecule has 0 saturated heterocycles. The molecule has 90 valence electrons. The van der Waals surface area contributed by atoms with Crippen LogP contribution in [0.4, 0.5) is 5.69 Å². The third-order valence-corrected chi connectivity index (χ3v) is 4.25. The molecule has 18 heavy (non-hydrogen) atoms. The Morgan fingerprint density at radius 3 is 2.33 bits per heavy atom. The van der Waals surface area contributed by atoms with E-state index in [1.165, 1.54) is 11.1 Å². The fourth-order valence-corrected chi connectivity index (χ4v) is 3.21. The van der Waals surface area contributed by atoms with Gasteiger partial charge in [0.05, 0.1) is 8.49 Å². The summed E-state index contributed by atoms with van der Waals surface area (Å²) in [6, 6.07) is 12.0. The van der Waals surface area contributed by atoms with Crippen molar-refractivity contribution in [2.45, 2.75) is 12.8 Å². The third kappa shape index (κ3) is 1.80. The summed E-state index contributed by atoms with van der Waals surface area (Å²) in [5, 5.41) is 11.2. The molecule has 0 unspecified atom stereocenters. The van der Waals surface area contributed by atoms with Crippen molar-refractivity contribution in [1.29, 1.82) is 0 Å². The molecule has 2 aromatic carbocycles. The molecule has 0 atom stereocenters. The second-order valence-corrected chi connectivity index (χ2v) is 5.58. The lowest BCUT2D eigenvalue weighted by Crippen LogP contribution is -2.10. The number of hydrogen-bond donors (Lipinski definition) is 0. The minimum absolute atomic E-state index is 0.255. The van der Waals surface area contributed by atoms with Crippen LogP contribution in [0.2, 0.25) is 0 Å². The first-order valence-corrected chi connectivity index (χ1v) is 6.76. The molecule has 0 amide bonds. The maximum Gasteiger partial charge on any atom is 0.286 e. The van der Waals surface area contributed by atoms with Crippen LogP contribution in [0, 0.1) is 13.7 Å². The molecule has 0 aromatic heterocycles. The number of fused-ring (bicyclic) bond motifs is 2. The third-order valence-electron chi connectivity index (χ3n) is 3.38. The van der Waals surface area contributed by atoms with E-state index in [0.29, 0.717) is 6.42 Å². The van der Waals surface area contributed by atoms with Crippen molar-refractivity contribution in [3.63, 3.8) is 0 Å². The Balaban J connectivity index is 2.19. The number of benzene rings is 2. The molecule has 0 N–H and O–H groups in total. The normalized spacial score (nSPS) is 12.7. The summed E-state index contributed by atoms with van der Waals surface area (Å²) < 4.78 is 0.718. The largest absolute Gasteiger partial charge is 0.286 e. The van der Waals surface area contributed by atoms with Crippen molar-refractivity contribution in [2.24, 2.45) is 0 Å². The molecule has 1 aliphatic carbocycles. The number of nitrogens with zero attached hydrogens (tertiary/aromatic N) is 1. The van der Waals surface area contributed by atoms with E-state index in [9.17, 15) is 10.1 Å². The average Bonchev–Trinajstić information content (AvgIpc) is 2.36. The van der Waals surface area contributed by atoms with Crippen LogP contribution in [-0.2, 0) is 12.8 Å². The van der Waals surface area contributed by atoms with Gasteiger partial charge in [0.15, 0.2) is 0 Å². The maximum atomic E-state index is 11.2. The summed E-state index contributed by atoms with van der Waals surface area (Å²) in [6.07, 6.45) is 1.46. The summed E-state index contributed by atoms with van der Waals surface area (Å²) in [6.45, 7) is 0. The summed E-state index contributed by atoms with van der Waals surface area (Å²) in [4.78, 5) is 11.0. The molecule has 1 aliphatic rings. The zero-order valence-electron chi connectivity index (χ0n) is 9.52. The van der Waals surface area contributed by atoms with Gasteiger partial charge in [0.2, 0.25) is 0 Å². The molecule has 4 heteroatoms. The van der Waals surface area contributed by atoms with Crippen LogP contribution in [0.1, 0.15) is 22.3 Å². The SMILES string of the molecule is O=[N+]([O-])c1c(I)ccc2c1Cc1ccccc1C2. The molecule has 0 heterocycles. The van der Waals surface area contributed by atoms with Gasteiger partial charge in [-0.2, -0.15) is 0 Å². The lowest BCUT2D eigenvalue weighted by molar-refractivity contribution is -0.386. The van der Waals surface area contributed by atoms with E-state index in [1.807, 2.05) is 46.9 Å². The summed E-state index contributed by atoms with van der Waals surface area (Å²) in [5.74, 6) is 0. The number of nitro benzene ring substituents is 1. The van der Waals surface area contributed by atoms with E-state index >= 15 is 0 Å². The van der Waals surface area contributed by atoms with Gasteiger partial charge >= 0.3 is 0 Å². The molecular formula is C14H10INO2. The van der Waals surface area contributed by atoms with Crippen LogP contribution in [0.25, 0.3) is 0 Å². The van der Waals surface area contributed by atoms with Crippen LogP contribution in [0.15, 0.2) is 36.4 Å². The fourth-order valence-electron chi connectivity index (χ4n) is 2.51. The predicted octanol–water partition coefficient (Wildman–Crippen LogP) is 3.69. The standard InChI is InChI=1S/C14H10INO2/c15-13-6-5-11-7-9-3-1-2-4-10(9)8-12(11)14(13)16(17)18/h1-6H,7-8H2. The van der Waals surface area contributed by atoms with Crippen LogP contribution in [0.5, 0.6) is 0 Å². The Labute approximate surface area is 118 Å². The Morgan fingerprint density at radius 2 is 1.67 bits per heavy atom. The van der Waals surface area contributed by atoms with Gasteiger partial charge in [-0.15, -0.1) is 0 Å². The minimum atomic E-state index is -0.255. The number of hydrogen-bond acceptors (Lipinski definition) is 2. The zero-order valence-corrected chi connectivity index (χ0v) is 11.7. The monoisotopic (exact) mass is 351 g/mol. The van der Waals surface area contributed by atoms with Crippen molar-refractivity contribution in [1.82, 2.24) is 0 Å². The highest BCUT2D eigenvalue weighted by Crippen LogP contribution is 2.35. The van der Waals surface area contributed by atoms with Gasteiger partial charge in [-0.25, -0.2) is 0 Å². The van der Waals surface area contributed by atoms with Gasteiger partial charge in [0, 0.05) is 12.0 Å². The van der Waals surface area contributed by atoms with Crippen LogP contribution >= 0.6 is 22.6 Å². The maximum absolute atomic E-state index is 11.2. The molecule has 3 nitrogen and oxygen atoms in total.